The van der Waals surface area contributed by atoms with Crippen molar-refractivity contribution in [3.8, 4) is 0 Å². The molecule has 1 heterocycles. The first-order valence-corrected chi connectivity index (χ1v) is 6.89. The molecule has 2 N–H and O–H groups in total. The van der Waals surface area contributed by atoms with Gasteiger partial charge in [0, 0.05) is 23.8 Å². The van der Waals surface area contributed by atoms with Crippen LogP contribution in [0.4, 0.5) is 5.82 Å². The lowest BCUT2D eigenvalue weighted by molar-refractivity contribution is 0.690. The molecule has 1 aromatic heterocycles. The second-order valence-corrected chi connectivity index (χ2v) is 4.99. The molecule has 0 aliphatic carbocycles. The number of aromatic nitrogens is 2. The summed E-state index contributed by atoms with van der Waals surface area (Å²) < 4.78 is 1.84. The summed E-state index contributed by atoms with van der Waals surface area (Å²) in [7, 11) is 0. The van der Waals surface area contributed by atoms with E-state index in [0.717, 1.165) is 10.6 Å². The molecule has 0 fully saturated rings. The summed E-state index contributed by atoms with van der Waals surface area (Å²) in [6.45, 7) is 4.93. The molecular weight excluding hydrogens is 292 g/mol. The molecular formula is C14H15ClN4S. The maximum absolute atomic E-state index is 5.86. The molecule has 0 atom stereocenters. The van der Waals surface area contributed by atoms with Gasteiger partial charge in [-0.2, -0.15) is 5.10 Å². The summed E-state index contributed by atoms with van der Waals surface area (Å²) in [5.41, 5.74) is 1.14. The Kier molecular flexibility index (Phi) is 5.15. The van der Waals surface area contributed by atoms with Gasteiger partial charge in [0.05, 0.1) is 6.54 Å². The molecule has 20 heavy (non-hydrogen) atoms. The highest BCUT2D eigenvalue weighted by Gasteiger charge is 2.02. The minimum Gasteiger partial charge on any atom is -0.359 e. The van der Waals surface area contributed by atoms with Gasteiger partial charge in [-0.15, -0.1) is 6.58 Å². The molecule has 4 nitrogen and oxygen atoms in total. The lowest BCUT2D eigenvalue weighted by Crippen LogP contribution is -2.28. The third-order valence-corrected chi connectivity index (χ3v) is 3.05. The van der Waals surface area contributed by atoms with Crippen LogP contribution in [-0.4, -0.2) is 21.4 Å². The Morgan fingerprint density at radius 2 is 2.10 bits per heavy atom. The van der Waals surface area contributed by atoms with E-state index in [1.165, 1.54) is 0 Å². The van der Waals surface area contributed by atoms with Crippen molar-refractivity contribution in [2.75, 3.05) is 11.9 Å². The van der Waals surface area contributed by atoms with Gasteiger partial charge in [-0.05, 0) is 29.9 Å². The van der Waals surface area contributed by atoms with E-state index in [1.807, 2.05) is 41.2 Å². The van der Waals surface area contributed by atoms with E-state index in [2.05, 4.69) is 22.3 Å². The lowest BCUT2D eigenvalue weighted by atomic mass is 10.2. The molecule has 0 saturated carbocycles. The smallest absolute Gasteiger partial charge is 0.172 e. The van der Waals surface area contributed by atoms with Gasteiger partial charge in [-0.3, -0.25) is 4.68 Å². The minimum atomic E-state index is 0.529. The maximum atomic E-state index is 5.86. The molecule has 0 spiro atoms. The number of benzene rings is 1. The SMILES string of the molecule is C=CCNC(=S)Nc1ccn(Cc2ccc(Cl)cc2)n1. The number of nitrogens with one attached hydrogen (secondary N) is 2. The Bertz CT molecular complexity index is 591. The van der Waals surface area contributed by atoms with Gasteiger partial charge >= 0.3 is 0 Å². The molecule has 0 amide bonds. The van der Waals surface area contributed by atoms with E-state index >= 15 is 0 Å². The molecule has 104 valence electrons. The van der Waals surface area contributed by atoms with E-state index in [1.54, 1.807) is 6.08 Å². The molecule has 0 bridgehead atoms. The first-order chi connectivity index (χ1) is 9.67. The van der Waals surface area contributed by atoms with Crippen LogP contribution in [0.25, 0.3) is 0 Å². The number of hydrogen-bond acceptors (Lipinski definition) is 2. The van der Waals surface area contributed by atoms with Gasteiger partial charge in [-0.25, -0.2) is 0 Å². The van der Waals surface area contributed by atoms with Gasteiger partial charge in [0.25, 0.3) is 0 Å². The molecule has 2 aromatic rings. The van der Waals surface area contributed by atoms with Crippen molar-refractivity contribution in [3.63, 3.8) is 0 Å². The third-order valence-electron chi connectivity index (χ3n) is 2.55. The largest absolute Gasteiger partial charge is 0.359 e. The monoisotopic (exact) mass is 306 g/mol. The van der Waals surface area contributed by atoms with Gasteiger partial charge < -0.3 is 10.6 Å². The van der Waals surface area contributed by atoms with E-state index in [4.69, 9.17) is 23.8 Å². The second-order valence-electron chi connectivity index (χ2n) is 4.15. The van der Waals surface area contributed by atoms with E-state index in [-0.39, 0.29) is 0 Å². The van der Waals surface area contributed by atoms with Gasteiger partial charge in [-0.1, -0.05) is 29.8 Å². The average Bonchev–Trinajstić information content (AvgIpc) is 2.86. The zero-order valence-corrected chi connectivity index (χ0v) is 12.4. The molecule has 0 unspecified atom stereocenters. The number of rotatable bonds is 5. The van der Waals surface area contributed by atoms with Crippen LogP contribution >= 0.6 is 23.8 Å². The lowest BCUT2D eigenvalue weighted by Gasteiger charge is -2.06. The normalized spacial score (nSPS) is 10.1. The maximum Gasteiger partial charge on any atom is 0.172 e. The number of halogens is 1. The van der Waals surface area contributed by atoms with Crippen LogP contribution in [0.2, 0.25) is 5.02 Å². The van der Waals surface area contributed by atoms with Crippen LogP contribution in [0.15, 0.2) is 49.2 Å². The highest BCUT2D eigenvalue weighted by Crippen LogP contribution is 2.11. The van der Waals surface area contributed by atoms with Crippen molar-refractivity contribution < 1.29 is 0 Å². The number of nitrogens with zero attached hydrogens (tertiary/aromatic N) is 2. The molecule has 0 aliphatic heterocycles. The average molecular weight is 307 g/mol. The Morgan fingerprint density at radius 3 is 2.80 bits per heavy atom. The fourth-order valence-corrected chi connectivity index (χ4v) is 1.93. The van der Waals surface area contributed by atoms with Crippen LogP contribution in [0.5, 0.6) is 0 Å². The summed E-state index contributed by atoms with van der Waals surface area (Å²) in [5, 5.41) is 11.7. The minimum absolute atomic E-state index is 0.529. The summed E-state index contributed by atoms with van der Waals surface area (Å²) in [6.07, 6.45) is 3.64. The summed E-state index contributed by atoms with van der Waals surface area (Å²) in [5.74, 6) is 0.709. The standard InChI is InChI=1S/C14H15ClN4S/c1-2-8-16-14(20)17-13-7-9-19(18-13)10-11-3-5-12(15)6-4-11/h2-7,9H,1,8,10H2,(H2,16,17,18,20). The Labute approximate surface area is 128 Å². The van der Waals surface area contributed by atoms with Crippen molar-refractivity contribution >= 4 is 34.7 Å². The van der Waals surface area contributed by atoms with Crippen molar-refractivity contribution in [2.24, 2.45) is 0 Å². The fraction of sp³-hybridized carbons (Fsp3) is 0.143. The second kappa shape index (κ2) is 7.07. The first kappa shape index (κ1) is 14.6. The fourth-order valence-electron chi connectivity index (χ4n) is 1.62. The predicted octanol–water partition coefficient (Wildman–Crippen LogP) is 3.06. The molecule has 0 radical (unpaired) electrons. The van der Waals surface area contributed by atoms with Crippen molar-refractivity contribution in [2.45, 2.75) is 6.54 Å². The molecule has 1 aromatic carbocycles. The molecule has 2 rings (SSSR count). The van der Waals surface area contributed by atoms with E-state index < -0.39 is 0 Å². The Balaban J connectivity index is 1.93. The van der Waals surface area contributed by atoms with Crippen LogP contribution < -0.4 is 10.6 Å². The van der Waals surface area contributed by atoms with Crippen molar-refractivity contribution in [1.29, 1.82) is 0 Å². The van der Waals surface area contributed by atoms with Crippen LogP contribution in [0, 0.1) is 0 Å². The number of hydrogen-bond donors (Lipinski definition) is 2. The summed E-state index contributed by atoms with van der Waals surface area (Å²) in [4.78, 5) is 0. The molecule has 6 heteroatoms. The first-order valence-electron chi connectivity index (χ1n) is 6.11. The predicted molar refractivity (Wildman–Crippen MR) is 87.2 cm³/mol. The zero-order chi connectivity index (χ0) is 14.4. The summed E-state index contributed by atoms with van der Waals surface area (Å²) >= 11 is 11.0. The number of anilines is 1. The van der Waals surface area contributed by atoms with Gasteiger partial charge in [0.15, 0.2) is 10.9 Å². The Morgan fingerprint density at radius 1 is 1.35 bits per heavy atom. The number of thiocarbonyl (C=S) groups is 1. The van der Waals surface area contributed by atoms with E-state index in [0.29, 0.717) is 24.0 Å². The van der Waals surface area contributed by atoms with Crippen molar-refractivity contribution in [1.82, 2.24) is 15.1 Å². The Hall–Kier alpha value is -1.85. The zero-order valence-electron chi connectivity index (χ0n) is 10.8. The summed E-state index contributed by atoms with van der Waals surface area (Å²) in [6, 6.07) is 9.57. The molecule has 0 aliphatic rings. The van der Waals surface area contributed by atoms with Crippen LogP contribution in [0.1, 0.15) is 5.56 Å². The molecule has 0 saturated heterocycles. The topological polar surface area (TPSA) is 41.9 Å². The van der Waals surface area contributed by atoms with E-state index in [9.17, 15) is 0 Å². The quantitative estimate of drug-likeness (QED) is 0.658. The van der Waals surface area contributed by atoms with Gasteiger partial charge in [0.1, 0.15) is 0 Å². The van der Waals surface area contributed by atoms with Crippen molar-refractivity contribution in [3.05, 3.63) is 59.8 Å². The highest BCUT2D eigenvalue weighted by molar-refractivity contribution is 7.80. The van der Waals surface area contributed by atoms with Crippen LogP contribution in [-0.2, 0) is 6.54 Å². The van der Waals surface area contributed by atoms with Gasteiger partial charge in [0.2, 0.25) is 0 Å². The third kappa shape index (κ3) is 4.36. The highest BCUT2D eigenvalue weighted by atomic mass is 35.5. The van der Waals surface area contributed by atoms with Crippen LogP contribution in [0.3, 0.4) is 0 Å².